The molecular formula is C15H10F2O2. The predicted octanol–water partition coefficient (Wildman–Crippen LogP) is 3.73. The van der Waals surface area contributed by atoms with Gasteiger partial charge in [-0.05, 0) is 23.8 Å². The van der Waals surface area contributed by atoms with Crippen molar-refractivity contribution in [2.75, 3.05) is 0 Å². The fourth-order valence-electron chi connectivity index (χ4n) is 1.69. The first-order valence-electron chi connectivity index (χ1n) is 5.53. The fourth-order valence-corrected chi connectivity index (χ4v) is 1.69. The van der Waals surface area contributed by atoms with Gasteiger partial charge in [-0.15, -0.1) is 0 Å². The van der Waals surface area contributed by atoms with Gasteiger partial charge in [0.2, 0.25) is 0 Å². The van der Waals surface area contributed by atoms with Gasteiger partial charge in [-0.1, -0.05) is 30.3 Å². The van der Waals surface area contributed by atoms with Crippen LogP contribution in [-0.4, -0.2) is 11.1 Å². The van der Waals surface area contributed by atoms with Crippen molar-refractivity contribution in [3.8, 4) is 11.1 Å². The highest BCUT2D eigenvalue weighted by atomic mass is 19.1. The zero-order valence-corrected chi connectivity index (χ0v) is 9.81. The summed E-state index contributed by atoms with van der Waals surface area (Å²) in [6, 6.07) is 10.1. The van der Waals surface area contributed by atoms with Crippen LogP contribution in [0.4, 0.5) is 8.78 Å². The number of aliphatic carboxylic acids is 1. The molecular weight excluding hydrogens is 250 g/mol. The van der Waals surface area contributed by atoms with Crippen molar-refractivity contribution in [2.24, 2.45) is 0 Å². The Hall–Kier alpha value is -2.49. The number of carbonyl (C=O) groups is 1. The van der Waals surface area contributed by atoms with E-state index < -0.39 is 17.6 Å². The molecule has 4 heteroatoms. The molecule has 0 spiro atoms. The maximum absolute atomic E-state index is 14.2. The van der Waals surface area contributed by atoms with Gasteiger partial charge in [-0.3, -0.25) is 0 Å². The Morgan fingerprint density at radius 1 is 1.05 bits per heavy atom. The summed E-state index contributed by atoms with van der Waals surface area (Å²) in [5.41, 5.74) is 1.00. The van der Waals surface area contributed by atoms with Crippen LogP contribution in [0.1, 0.15) is 5.56 Å². The van der Waals surface area contributed by atoms with Crippen molar-refractivity contribution in [3.63, 3.8) is 0 Å². The second-order valence-corrected chi connectivity index (χ2v) is 3.89. The smallest absolute Gasteiger partial charge is 0.328 e. The molecule has 0 aromatic heterocycles. The van der Waals surface area contributed by atoms with Crippen LogP contribution in [0.2, 0.25) is 0 Å². The minimum Gasteiger partial charge on any atom is -0.478 e. The average Bonchev–Trinajstić information content (AvgIpc) is 2.39. The molecule has 0 aliphatic rings. The van der Waals surface area contributed by atoms with Crippen molar-refractivity contribution in [1.82, 2.24) is 0 Å². The molecule has 19 heavy (non-hydrogen) atoms. The Bertz CT molecular complexity index is 631. The number of carboxylic acid groups (broad SMARTS) is 1. The molecule has 2 aromatic rings. The fraction of sp³-hybridized carbons (Fsp3) is 0. The van der Waals surface area contributed by atoms with E-state index >= 15 is 0 Å². The lowest BCUT2D eigenvalue weighted by molar-refractivity contribution is -0.131. The third-order valence-electron chi connectivity index (χ3n) is 2.59. The molecule has 0 saturated heterocycles. The van der Waals surface area contributed by atoms with Crippen LogP contribution in [-0.2, 0) is 4.79 Å². The van der Waals surface area contributed by atoms with Crippen molar-refractivity contribution in [1.29, 1.82) is 0 Å². The second kappa shape index (κ2) is 5.44. The number of carboxylic acids is 1. The predicted molar refractivity (Wildman–Crippen MR) is 68.5 cm³/mol. The van der Waals surface area contributed by atoms with Gasteiger partial charge in [0.15, 0.2) is 0 Å². The van der Waals surface area contributed by atoms with E-state index in [0.29, 0.717) is 11.1 Å². The summed E-state index contributed by atoms with van der Waals surface area (Å²) in [6.45, 7) is 0. The van der Waals surface area contributed by atoms with Gasteiger partial charge >= 0.3 is 5.97 Å². The number of hydrogen-bond acceptors (Lipinski definition) is 1. The largest absolute Gasteiger partial charge is 0.478 e. The summed E-state index contributed by atoms with van der Waals surface area (Å²) in [5.74, 6) is -2.08. The lowest BCUT2D eigenvalue weighted by Crippen LogP contribution is -1.91. The summed E-state index contributed by atoms with van der Waals surface area (Å²) in [6.07, 6.45) is 2.05. The van der Waals surface area contributed by atoms with E-state index in [1.807, 2.05) is 0 Å². The van der Waals surface area contributed by atoms with Gasteiger partial charge in [0.05, 0.1) is 0 Å². The number of rotatable bonds is 3. The van der Waals surface area contributed by atoms with Gasteiger partial charge < -0.3 is 5.11 Å². The van der Waals surface area contributed by atoms with E-state index in [-0.39, 0.29) is 5.56 Å². The quantitative estimate of drug-likeness (QED) is 0.854. The standard InChI is InChI=1S/C15H10F2O2/c16-12-7-4-10(5-8-12)13-3-1-2-11(15(13)17)6-9-14(18)19/h1-9H,(H,18,19)/b9-6+. The number of hydrogen-bond donors (Lipinski definition) is 1. The maximum atomic E-state index is 14.2. The van der Waals surface area contributed by atoms with E-state index in [4.69, 9.17) is 5.11 Å². The Morgan fingerprint density at radius 3 is 2.37 bits per heavy atom. The normalized spacial score (nSPS) is 10.8. The highest BCUT2D eigenvalue weighted by molar-refractivity contribution is 5.85. The molecule has 2 nitrogen and oxygen atoms in total. The molecule has 0 saturated carbocycles. The minimum absolute atomic E-state index is 0.171. The van der Waals surface area contributed by atoms with Crippen LogP contribution >= 0.6 is 0 Å². The molecule has 0 fully saturated rings. The Kier molecular flexibility index (Phi) is 3.71. The first-order chi connectivity index (χ1) is 9.08. The Labute approximate surface area is 108 Å². The molecule has 1 N–H and O–H groups in total. The van der Waals surface area contributed by atoms with Crippen LogP contribution in [0.15, 0.2) is 48.5 Å². The molecule has 0 radical (unpaired) electrons. The van der Waals surface area contributed by atoms with E-state index in [9.17, 15) is 13.6 Å². The summed E-state index contributed by atoms with van der Waals surface area (Å²) in [7, 11) is 0. The molecule has 0 aliphatic heterocycles. The molecule has 2 aromatic carbocycles. The third kappa shape index (κ3) is 3.04. The van der Waals surface area contributed by atoms with E-state index in [2.05, 4.69) is 0 Å². The SMILES string of the molecule is O=C(O)/C=C/c1cccc(-c2ccc(F)cc2)c1F. The minimum atomic E-state index is -1.15. The zero-order chi connectivity index (χ0) is 13.8. The van der Waals surface area contributed by atoms with E-state index in [1.165, 1.54) is 36.4 Å². The second-order valence-electron chi connectivity index (χ2n) is 3.89. The lowest BCUT2D eigenvalue weighted by atomic mass is 10.0. The molecule has 0 aliphatic carbocycles. The van der Waals surface area contributed by atoms with Gasteiger partial charge in [0.1, 0.15) is 11.6 Å². The van der Waals surface area contributed by atoms with Gasteiger partial charge in [-0.2, -0.15) is 0 Å². The van der Waals surface area contributed by atoms with E-state index in [0.717, 1.165) is 6.08 Å². The topological polar surface area (TPSA) is 37.3 Å². The Morgan fingerprint density at radius 2 is 1.74 bits per heavy atom. The maximum Gasteiger partial charge on any atom is 0.328 e. The summed E-state index contributed by atoms with van der Waals surface area (Å²) < 4.78 is 27.0. The van der Waals surface area contributed by atoms with Crippen LogP contribution in [0.5, 0.6) is 0 Å². The van der Waals surface area contributed by atoms with Crippen LogP contribution in [0, 0.1) is 11.6 Å². The molecule has 0 heterocycles. The van der Waals surface area contributed by atoms with Crippen LogP contribution < -0.4 is 0 Å². The molecule has 2 rings (SSSR count). The molecule has 0 unspecified atom stereocenters. The van der Waals surface area contributed by atoms with Crippen molar-refractivity contribution in [3.05, 3.63) is 65.7 Å². The van der Waals surface area contributed by atoms with Gasteiger partial charge in [0, 0.05) is 17.2 Å². The van der Waals surface area contributed by atoms with E-state index in [1.54, 1.807) is 12.1 Å². The first kappa shape index (κ1) is 13.0. The van der Waals surface area contributed by atoms with Crippen molar-refractivity contribution < 1.29 is 18.7 Å². The number of halogens is 2. The third-order valence-corrected chi connectivity index (χ3v) is 2.59. The van der Waals surface area contributed by atoms with Gasteiger partial charge in [-0.25, -0.2) is 13.6 Å². The summed E-state index contributed by atoms with van der Waals surface area (Å²) in [4.78, 5) is 10.4. The molecule has 0 bridgehead atoms. The number of benzene rings is 2. The monoisotopic (exact) mass is 260 g/mol. The van der Waals surface area contributed by atoms with Crippen LogP contribution in [0.3, 0.4) is 0 Å². The zero-order valence-electron chi connectivity index (χ0n) is 9.81. The van der Waals surface area contributed by atoms with Crippen molar-refractivity contribution in [2.45, 2.75) is 0 Å². The summed E-state index contributed by atoms with van der Waals surface area (Å²) in [5, 5.41) is 8.53. The average molecular weight is 260 g/mol. The summed E-state index contributed by atoms with van der Waals surface area (Å²) >= 11 is 0. The van der Waals surface area contributed by atoms with Gasteiger partial charge in [0.25, 0.3) is 0 Å². The molecule has 96 valence electrons. The van der Waals surface area contributed by atoms with Crippen molar-refractivity contribution >= 4 is 12.0 Å². The highest BCUT2D eigenvalue weighted by Gasteiger charge is 2.08. The first-order valence-corrected chi connectivity index (χ1v) is 5.53. The lowest BCUT2D eigenvalue weighted by Gasteiger charge is -2.05. The Balaban J connectivity index is 2.45. The van der Waals surface area contributed by atoms with Crippen LogP contribution in [0.25, 0.3) is 17.2 Å². The highest BCUT2D eigenvalue weighted by Crippen LogP contribution is 2.25. The molecule has 0 atom stereocenters. The molecule has 0 amide bonds.